The van der Waals surface area contributed by atoms with E-state index in [1.165, 1.54) is 13.3 Å². The largest absolute Gasteiger partial charge is 0.493 e. The SMILES string of the molecule is COc1cc(/C=N\NC(=O)C(=O)Nc2ccc(Cl)cc2)ccc1OCc1ccc(Cl)cc1. The highest BCUT2D eigenvalue weighted by atomic mass is 35.5. The van der Waals surface area contributed by atoms with E-state index >= 15 is 0 Å². The highest BCUT2D eigenvalue weighted by Crippen LogP contribution is 2.28. The van der Waals surface area contributed by atoms with E-state index in [0.29, 0.717) is 39.4 Å². The molecule has 0 aliphatic carbocycles. The van der Waals surface area contributed by atoms with Crippen molar-refractivity contribution >= 4 is 46.9 Å². The third-order valence-electron chi connectivity index (χ3n) is 4.18. The maximum Gasteiger partial charge on any atom is 0.329 e. The first-order chi connectivity index (χ1) is 15.4. The summed E-state index contributed by atoms with van der Waals surface area (Å²) in [6, 6.07) is 18.9. The molecule has 3 rings (SSSR count). The summed E-state index contributed by atoms with van der Waals surface area (Å²) in [7, 11) is 1.52. The second-order valence-corrected chi connectivity index (χ2v) is 7.36. The smallest absolute Gasteiger partial charge is 0.329 e. The minimum atomic E-state index is -0.911. The fourth-order valence-electron chi connectivity index (χ4n) is 2.56. The molecule has 3 aromatic rings. The first-order valence-corrected chi connectivity index (χ1v) is 10.2. The Morgan fingerprint density at radius 1 is 0.906 bits per heavy atom. The number of ether oxygens (including phenoxy) is 2. The topological polar surface area (TPSA) is 89.0 Å². The Kier molecular flexibility index (Phi) is 8.08. The van der Waals surface area contributed by atoms with Gasteiger partial charge in [-0.3, -0.25) is 9.59 Å². The average Bonchev–Trinajstić information content (AvgIpc) is 2.80. The van der Waals surface area contributed by atoms with Crippen molar-refractivity contribution in [1.29, 1.82) is 0 Å². The van der Waals surface area contributed by atoms with Crippen LogP contribution in [0.3, 0.4) is 0 Å². The van der Waals surface area contributed by atoms with Crippen molar-refractivity contribution in [3.63, 3.8) is 0 Å². The van der Waals surface area contributed by atoms with E-state index in [2.05, 4.69) is 15.8 Å². The summed E-state index contributed by atoms with van der Waals surface area (Å²) < 4.78 is 11.2. The van der Waals surface area contributed by atoms with Crippen LogP contribution in [0.5, 0.6) is 11.5 Å². The Hall–Kier alpha value is -3.55. The van der Waals surface area contributed by atoms with Crippen LogP contribution in [0.25, 0.3) is 0 Å². The molecule has 0 aliphatic heterocycles. The van der Waals surface area contributed by atoms with Gasteiger partial charge in [0.15, 0.2) is 11.5 Å². The Balaban J connectivity index is 1.55. The van der Waals surface area contributed by atoms with E-state index in [1.54, 1.807) is 54.6 Å². The lowest BCUT2D eigenvalue weighted by Gasteiger charge is -2.11. The number of anilines is 1. The van der Waals surface area contributed by atoms with Gasteiger partial charge in [0.25, 0.3) is 0 Å². The number of nitrogens with one attached hydrogen (secondary N) is 2. The molecule has 2 N–H and O–H groups in total. The number of carbonyl (C=O) groups excluding carboxylic acids is 2. The minimum Gasteiger partial charge on any atom is -0.493 e. The van der Waals surface area contributed by atoms with Crippen molar-refractivity contribution in [2.75, 3.05) is 12.4 Å². The van der Waals surface area contributed by atoms with Crippen LogP contribution < -0.4 is 20.2 Å². The molecular weight excluding hydrogens is 453 g/mol. The third-order valence-corrected chi connectivity index (χ3v) is 4.69. The van der Waals surface area contributed by atoms with Gasteiger partial charge in [0.05, 0.1) is 13.3 Å². The normalized spacial score (nSPS) is 10.6. The molecule has 0 radical (unpaired) electrons. The van der Waals surface area contributed by atoms with Crippen molar-refractivity contribution in [3.8, 4) is 11.5 Å². The standard InChI is InChI=1S/C23H19Cl2N3O4/c1-31-21-12-16(4-11-20(21)32-14-15-2-5-17(24)6-3-15)13-26-28-23(30)22(29)27-19-9-7-18(25)8-10-19/h2-13H,14H2,1H3,(H,27,29)(H,28,30)/b26-13-. The first kappa shape index (κ1) is 23.1. The lowest BCUT2D eigenvalue weighted by atomic mass is 10.2. The number of methoxy groups -OCH3 is 1. The predicted molar refractivity (Wildman–Crippen MR) is 125 cm³/mol. The van der Waals surface area contributed by atoms with Crippen LogP contribution >= 0.6 is 23.2 Å². The van der Waals surface area contributed by atoms with Gasteiger partial charge in [-0.05, 0) is 65.7 Å². The minimum absolute atomic E-state index is 0.347. The van der Waals surface area contributed by atoms with Gasteiger partial charge in [-0.25, -0.2) is 5.43 Å². The predicted octanol–water partition coefficient (Wildman–Crippen LogP) is 4.67. The molecular formula is C23H19Cl2N3O4. The molecule has 0 heterocycles. The maximum atomic E-state index is 11.9. The Labute approximate surface area is 194 Å². The Bertz CT molecular complexity index is 1120. The molecule has 3 aromatic carbocycles. The van der Waals surface area contributed by atoms with E-state index in [0.717, 1.165) is 5.56 Å². The number of hydrogen-bond acceptors (Lipinski definition) is 5. The van der Waals surface area contributed by atoms with Crippen molar-refractivity contribution in [1.82, 2.24) is 5.43 Å². The van der Waals surface area contributed by atoms with Crippen LogP contribution in [0.4, 0.5) is 5.69 Å². The molecule has 0 aromatic heterocycles. The van der Waals surface area contributed by atoms with Crippen LogP contribution in [-0.2, 0) is 16.2 Å². The van der Waals surface area contributed by atoms with E-state index in [1.807, 2.05) is 12.1 Å². The summed E-state index contributed by atoms with van der Waals surface area (Å²) in [6.07, 6.45) is 1.39. The van der Waals surface area contributed by atoms with Crippen LogP contribution in [0, 0.1) is 0 Å². The molecule has 0 aliphatic rings. The van der Waals surface area contributed by atoms with Crippen LogP contribution in [0.2, 0.25) is 10.0 Å². The molecule has 0 bridgehead atoms. The van der Waals surface area contributed by atoms with Crippen LogP contribution in [-0.4, -0.2) is 25.1 Å². The molecule has 0 spiro atoms. The molecule has 164 valence electrons. The van der Waals surface area contributed by atoms with Crippen molar-refractivity contribution in [3.05, 3.63) is 87.9 Å². The molecule has 7 nitrogen and oxygen atoms in total. The monoisotopic (exact) mass is 471 g/mol. The zero-order valence-corrected chi connectivity index (χ0v) is 18.5. The number of halogens is 2. The molecule has 0 saturated heterocycles. The summed E-state index contributed by atoms with van der Waals surface area (Å²) in [5.74, 6) is -0.722. The van der Waals surface area contributed by atoms with E-state index < -0.39 is 11.8 Å². The van der Waals surface area contributed by atoms with Crippen LogP contribution in [0.15, 0.2) is 71.8 Å². The lowest BCUT2D eigenvalue weighted by Crippen LogP contribution is -2.32. The van der Waals surface area contributed by atoms with Crippen LogP contribution in [0.1, 0.15) is 11.1 Å². The van der Waals surface area contributed by atoms with E-state index in [9.17, 15) is 9.59 Å². The Morgan fingerprint density at radius 2 is 1.56 bits per heavy atom. The number of amides is 2. The molecule has 9 heteroatoms. The zero-order chi connectivity index (χ0) is 22.9. The van der Waals surface area contributed by atoms with Gasteiger partial charge in [0.2, 0.25) is 0 Å². The molecule has 0 atom stereocenters. The summed E-state index contributed by atoms with van der Waals surface area (Å²) in [5, 5.41) is 7.44. The second-order valence-electron chi connectivity index (χ2n) is 6.49. The van der Waals surface area contributed by atoms with Crippen molar-refractivity contribution in [2.24, 2.45) is 5.10 Å². The number of benzene rings is 3. The summed E-state index contributed by atoms with van der Waals surface area (Å²) in [6.45, 7) is 0.347. The maximum absolute atomic E-state index is 11.9. The first-order valence-electron chi connectivity index (χ1n) is 9.40. The average molecular weight is 472 g/mol. The number of rotatable bonds is 7. The molecule has 2 amide bonds. The summed E-state index contributed by atoms with van der Waals surface area (Å²) in [4.78, 5) is 23.8. The number of hydrazone groups is 1. The lowest BCUT2D eigenvalue weighted by molar-refractivity contribution is -0.136. The molecule has 0 saturated carbocycles. The van der Waals surface area contributed by atoms with Crippen molar-refractivity contribution < 1.29 is 19.1 Å². The van der Waals surface area contributed by atoms with Gasteiger partial charge >= 0.3 is 11.8 Å². The van der Waals surface area contributed by atoms with E-state index in [-0.39, 0.29) is 0 Å². The molecule has 0 unspecified atom stereocenters. The van der Waals surface area contributed by atoms with Gasteiger partial charge in [-0.2, -0.15) is 5.10 Å². The van der Waals surface area contributed by atoms with Gasteiger partial charge in [-0.1, -0.05) is 35.3 Å². The molecule has 0 fully saturated rings. The number of carbonyl (C=O) groups is 2. The van der Waals surface area contributed by atoms with Gasteiger partial charge < -0.3 is 14.8 Å². The Morgan fingerprint density at radius 3 is 2.22 bits per heavy atom. The molecule has 32 heavy (non-hydrogen) atoms. The van der Waals surface area contributed by atoms with Crippen molar-refractivity contribution in [2.45, 2.75) is 6.61 Å². The quantitative estimate of drug-likeness (QED) is 0.297. The van der Waals surface area contributed by atoms with Gasteiger partial charge in [-0.15, -0.1) is 0 Å². The highest BCUT2D eigenvalue weighted by Gasteiger charge is 2.13. The number of hydrogen-bond donors (Lipinski definition) is 2. The fourth-order valence-corrected chi connectivity index (χ4v) is 2.81. The zero-order valence-electron chi connectivity index (χ0n) is 17.0. The highest BCUT2D eigenvalue weighted by molar-refractivity contribution is 6.39. The second kappa shape index (κ2) is 11.2. The van der Waals surface area contributed by atoms with Gasteiger partial charge in [0, 0.05) is 15.7 Å². The van der Waals surface area contributed by atoms with Gasteiger partial charge in [0.1, 0.15) is 6.61 Å². The fraction of sp³-hybridized carbons (Fsp3) is 0.0870. The summed E-state index contributed by atoms with van der Waals surface area (Å²) in [5.41, 5.74) is 4.22. The van der Waals surface area contributed by atoms with E-state index in [4.69, 9.17) is 32.7 Å². The summed E-state index contributed by atoms with van der Waals surface area (Å²) >= 11 is 11.7. The number of nitrogens with zero attached hydrogens (tertiary/aromatic N) is 1. The third kappa shape index (κ3) is 6.73.